The molecule has 0 aliphatic heterocycles. The van der Waals surface area contributed by atoms with Crippen molar-refractivity contribution in [3.8, 4) is 0 Å². The number of aryl methyl sites for hydroxylation is 1. The fraction of sp³-hybridized carbons (Fsp3) is 0.545. The maximum absolute atomic E-state index is 6.19. The molecule has 3 aromatic rings. The summed E-state index contributed by atoms with van der Waals surface area (Å²) in [5, 5.41) is 13.6. The van der Waals surface area contributed by atoms with Gasteiger partial charge in [0.1, 0.15) is 5.52 Å². The highest BCUT2D eigenvalue weighted by Crippen LogP contribution is 2.28. The summed E-state index contributed by atoms with van der Waals surface area (Å²) in [6.07, 6.45) is 6.76. The van der Waals surface area contributed by atoms with Crippen LogP contribution in [0.1, 0.15) is 52.5 Å². The van der Waals surface area contributed by atoms with Gasteiger partial charge in [0, 0.05) is 22.5 Å². The Morgan fingerprint density at radius 1 is 1.11 bits per heavy atom. The second kappa shape index (κ2) is 8.88. The molecule has 0 fully saturated rings. The molecule has 2 heterocycles. The lowest BCUT2D eigenvalue weighted by molar-refractivity contribution is 0.417. The van der Waals surface area contributed by atoms with E-state index in [1.54, 1.807) is 0 Å². The highest BCUT2D eigenvalue weighted by molar-refractivity contribution is 6.07. The number of unbranched alkanes of at least 4 members (excludes halogenated alkanes) is 2. The standard InChI is InChI=1S/C22H34N6/c1-5-24-15-28-14-18-17-11-10-16(9-7-6-8-12-25-22(2,3)4)13-19(17)26-21(23)20(18)27-28/h10-11,13-14,24-25H,5-9,12,15H2,1-4H3,(H2,23,26). The number of nitrogens with two attached hydrogens (primary N) is 1. The van der Waals surface area contributed by atoms with Crippen LogP contribution in [0.15, 0.2) is 24.4 Å². The van der Waals surface area contributed by atoms with Crippen LogP contribution in [0, 0.1) is 0 Å². The van der Waals surface area contributed by atoms with Gasteiger partial charge in [0.05, 0.1) is 12.2 Å². The Kier molecular flexibility index (Phi) is 6.52. The van der Waals surface area contributed by atoms with Crippen LogP contribution in [-0.2, 0) is 13.1 Å². The van der Waals surface area contributed by atoms with E-state index in [2.05, 4.69) is 72.8 Å². The Bertz CT molecular complexity index is 922. The fourth-order valence-electron chi connectivity index (χ4n) is 3.44. The summed E-state index contributed by atoms with van der Waals surface area (Å²) in [5.41, 5.74) is 9.46. The maximum atomic E-state index is 6.19. The summed E-state index contributed by atoms with van der Waals surface area (Å²) in [5.74, 6) is 0.503. The molecule has 0 aliphatic carbocycles. The molecule has 3 rings (SSSR count). The molecule has 0 amide bonds. The smallest absolute Gasteiger partial charge is 0.152 e. The fourth-order valence-corrected chi connectivity index (χ4v) is 3.44. The molecule has 4 N–H and O–H groups in total. The summed E-state index contributed by atoms with van der Waals surface area (Å²) < 4.78 is 1.89. The predicted molar refractivity (Wildman–Crippen MR) is 118 cm³/mol. The lowest BCUT2D eigenvalue weighted by atomic mass is 10.0. The first-order valence-electron chi connectivity index (χ1n) is 10.4. The summed E-state index contributed by atoms with van der Waals surface area (Å²) in [7, 11) is 0. The molecule has 152 valence electrons. The first-order chi connectivity index (χ1) is 13.4. The molecule has 0 atom stereocenters. The SMILES string of the molecule is CCNCn1cc2c(n1)c(N)nc1cc(CCCCCNC(C)(C)C)ccc12. The van der Waals surface area contributed by atoms with E-state index < -0.39 is 0 Å². The van der Waals surface area contributed by atoms with Crippen molar-refractivity contribution in [2.24, 2.45) is 0 Å². The van der Waals surface area contributed by atoms with Crippen LogP contribution in [0.5, 0.6) is 0 Å². The van der Waals surface area contributed by atoms with Gasteiger partial charge in [-0.15, -0.1) is 0 Å². The van der Waals surface area contributed by atoms with Crippen LogP contribution in [-0.4, -0.2) is 33.4 Å². The number of nitrogens with zero attached hydrogens (tertiary/aromatic N) is 3. The number of pyridine rings is 1. The molecule has 0 saturated heterocycles. The first-order valence-corrected chi connectivity index (χ1v) is 10.4. The van der Waals surface area contributed by atoms with E-state index in [1.807, 2.05) is 4.68 Å². The Labute approximate surface area is 167 Å². The predicted octanol–water partition coefficient (Wildman–Crippen LogP) is 3.83. The number of benzene rings is 1. The molecular formula is C22H34N6. The van der Waals surface area contributed by atoms with Crippen molar-refractivity contribution < 1.29 is 0 Å². The minimum Gasteiger partial charge on any atom is -0.382 e. The van der Waals surface area contributed by atoms with Crippen LogP contribution >= 0.6 is 0 Å². The molecule has 2 aromatic heterocycles. The number of aromatic nitrogens is 3. The Morgan fingerprint density at radius 3 is 2.68 bits per heavy atom. The quantitative estimate of drug-likeness (QED) is 0.490. The van der Waals surface area contributed by atoms with Crippen LogP contribution < -0.4 is 16.4 Å². The van der Waals surface area contributed by atoms with Crippen molar-refractivity contribution in [2.45, 2.75) is 65.6 Å². The monoisotopic (exact) mass is 382 g/mol. The Hall–Kier alpha value is -2.18. The van der Waals surface area contributed by atoms with E-state index >= 15 is 0 Å². The zero-order valence-corrected chi connectivity index (χ0v) is 17.7. The van der Waals surface area contributed by atoms with Gasteiger partial charge in [0.25, 0.3) is 0 Å². The molecule has 6 heteroatoms. The third-order valence-corrected chi connectivity index (χ3v) is 4.92. The average molecular weight is 383 g/mol. The summed E-state index contributed by atoms with van der Waals surface area (Å²) in [6, 6.07) is 6.56. The van der Waals surface area contributed by atoms with Gasteiger partial charge in [0.2, 0.25) is 0 Å². The second-order valence-electron chi connectivity index (χ2n) is 8.53. The molecule has 0 bridgehead atoms. The van der Waals surface area contributed by atoms with E-state index in [0.29, 0.717) is 12.5 Å². The van der Waals surface area contributed by atoms with E-state index in [-0.39, 0.29) is 5.54 Å². The van der Waals surface area contributed by atoms with Crippen molar-refractivity contribution in [1.29, 1.82) is 0 Å². The number of hydrogen-bond donors (Lipinski definition) is 3. The first kappa shape index (κ1) is 20.6. The van der Waals surface area contributed by atoms with Gasteiger partial charge in [-0.2, -0.15) is 5.10 Å². The lowest BCUT2D eigenvalue weighted by Crippen LogP contribution is -2.36. The minimum absolute atomic E-state index is 0.204. The van der Waals surface area contributed by atoms with Crippen LogP contribution in [0.4, 0.5) is 5.82 Å². The van der Waals surface area contributed by atoms with E-state index in [4.69, 9.17) is 5.73 Å². The van der Waals surface area contributed by atoms with Crippen molar-refractivity contribution >= 4 is 27.6 Å². The van der Waals surface area contributed by atoms with Gasteiger partial charge in [0.15, 0.2) is 5.82 Å². The van der Waals surface area contributed by atoms with Crippen molar-refractivity contribution in [3.05, 3.63) is 30.0 Å². The normalized spacial score (nSPS) is 12.3. The Balaban J connectivity index is 1.67. The topological polar surface area (TPSA) is 80.8 Å². The minimum atomic E-state index is 0.204. The van der Waals surface area contributed by atoms with E-state index in [1.165, 1.54) is 24.8 Å². The average Bonchev–Trinajstić information content (AvgIpc) is 3.07. The van der Waals surface area contributed by atoms with Crippen molar-refractivity contribution in [1.82, 2.24) is 25.4 Å². The number of fused-ring (bicyclic) bond motifs is 3. The summed E-state index contributed by atoms with van der Waals surface area (Å²) >= 11 is 0. The molecular weight excluding hydrogens is 348 g/mol. The van der Waals surface area contributed by atoms with Crippen LogP contribution in [0.3, 0.4) is 0 Å². The van der Waals surface area contributed by atoms with Crippen molar-refractivity contribution in [2.75, 3.05) is 18.8 Å². The molecule has 0 aliphatic rings. The van der Waals surface area contributed by atoms with Crippen LogP contribution in [0.25, 0.3) is 21.8 Å². The van der Waals surface area contributed by atoms with Gasteiger partial charge in [-0.1, -0.05) is 25.5 Å². The van der Waals surface area contributed by atoms with E-state index in [0.717, 1.165) is 41.3 Å². The van der Waals surface area contributed by atoms with Gasteiger partial charge < -0.3 is 11.1 Å². The molecule has 28 heavy (non-hydrogen) atoms. The molecule has 0 radical (unpaired) electrons. The van der Waals surface area contributed by atoms with Crippen LogP contribution in [0.2, 0.25) is 0 Å². The zero-order chi connectivity index (χ0) is 20.1. The molecule has 0 unspecified atom stereocenters. The number of nitrogen functional groups attached to an aromatic ring is 1. The van der Waals surface area contributed by atoms with E-state index in [9.17, 15) is 0 Å². The maximum Gasteiger partial charge on any atom is 0.152 e. The number of nitrogens with one attached hydrogen (secondary N) is 2. The largest absolute Gasteiger partial charge is 0.382 e. The number of anilines is 1. The summed E-state index contributed by atoms with van der Waals surface area (Å²) in [6.45, 7) is 11.4. The van der Waals surface area contributed by atoms with Gasteiger partial charge in [-0.3, -0.25) is 10.00 Å². The number of hydrogen-bond acceptors (Lipinski definition) is 5. The van der Waals surface area contributed by atoms with Gasteiger partial charge in [-0.25, -0.2) is 4.98 Å². The zero-order valence-electron chi connectivity index (χ0n) is 17.7. The Morgan fingerprint density at radius 2 is 1.93 bits per heavy atom. The van der Waals surface area contributed by atoms with Crippen molar-refractivity contribution in [3.63, 3.8) is 0 Å². The number of rotatable bonds is 9. The molecule has 1 aromatic carbocycles. The molecule has 0 saturated carbocycles. The summed E-state index contributed by atoms with van der Waals surface area (Å²) in [4.78, 5) is 4.61. The second-order valence-corrected chi connectivity index (χ2v) is 8.53. The molecule has 0 spiro atoms. The van der Waals surface area contributed by atoms with Gasteiger partial charge >= 0.3 is 0 Å². The third-order valence-electron chi connectivity index (χ3n) is 4.92. The van der Waals surface area contributed by atoms with Gasteiger partial charge in [-0.05, 0) is 64.8 Å². The lowest BCUT2D eigenvalue weighted by Gasteiger charge is -2.20. The highest BCUT2D eigenvalue weighted by Gasteiger charge is 2.11. The highest BCUT2D eigenvalue weighted by atomic mass is 15.3. The molecule has 6 nitrogen and oxygen atoms in total. The third kappa shape index (κ3) is 5.20.